The molecule has 0 spiro atoms. The van der Waals surface area contributed by atoms with Gasteiger partial charge in [-0.25, -0.2) is 0 Å². The van der Waals surface area contributed by atoms with Gasteiger partial charge in [-0.15, -0.1) is 0 Å². The van der Waals surface area contributed by atoms with Gasteiger partial charge in [0, 0.05) is 0 Å². The number of hydrogen-bond donors (Lipinski definition) is 3. The minimum atomic E-state index is -1.14. The summed E-state index contributed by atoms with van der Waals surface area (Å²) in [6.07, 6.45) is -3.23. The van der Waals surface area contributed by atoms with Crippen molar-refractivity contribution in [2.75, 3.05) is 6.61 Å². The molecule has 1 fully saturated rings. The first-order valence-electron chi connectivity index (χ1n) is 7.92. The summed E-state index contributed by atoms with van der Waals surface area (Å²) in [6.45, 7) is 4.51. The van der Waals surface area contributed by atoms with E-state index in [0.717, 1.165) is 13.8 Å². The van der Waals surface area contributed by atoms with Crippen molar-refractivity contribution in [2.24, 2.45) is 5.73 Å². The number of hydrogen-bond acceptors (Lipinski definition) is 9. The quantitative estimate of drug-likeness (QED) is 0.133. The molecule has 5 unspecified atom stereocenters. The molecule has 0 aromatic carbocycles. The first kappa shape index (κ1) is 22.9. The van der Waals surface area contributed by atoms with Gasteiger partial charge in [0.05, 0.1) is 0 Å². The van der Waals surface area contributed by atoms with Crippen LogP contribution in [-0.2, 0) is 38.1 Å². The van der Waals surface area contributed by atoms with Crippen molar-refractivity contribution in [1.82, 2.24) is 5.32 Å². The Labute approximate surface area is 162 Å². The van der Waals surface area contributed by atoms with Crippen LogP contribution in [-0.4, -0.2) is 79.5 Å². The van der Waals surface area contributed by atoms with Crippen molar-refractivity contribution < 1.29 is 38.1 Å². The van der Waals surface area contributed by atoms with E-state index in [1.807, 2.05) is 0 Å². The summed E-state index contributed by atoms with van der Waals surface area (Å²) >= 11 is -0.735. The van der Waals surface area contributed by atoms with Crippen molar-refractivity contribution in [3.05, 3.63) is 0 Å². The molecule has 1 saturated heterocycles. The van der Waals surface area contributed by atoms with Crippen LogP contribution in [0, 0.1) is 5.41 Å². The number of esters is 3. The van der Waals surface area contributed by atoms with Crippen molar-refractivity contribution in [3.8, 4) is 0 Å². The Hall–Kier alpha value is -2.17. The molecule has 12 heteroatoms. The zero-order valence-electron chi connectivity index (χ0n) is 15.3. The fourth-order valence-electron chi connectivity index (χ4n) is 2.52. The summed E-state index contributed by atoms with van der Waals surface area (Å²) in [5.74, 6) is -2.37. The predicted molar refractivity (Wildman–Crippen MR) is 91.7 cm³/mol. The third kappa shape index (κ3) is 7.53. The van der Waals surface area contributed by atoms with Gasteiger partial charge in [-0.05, 0) is 0 Å². The zero-order valence-corrected chi connectivity index (χ0v) is 17.1. The van der Waals surface area contributed by atoms with E-state index >= 15 is 0 Å². The van der Waals surface area contributed by atoms with Crippen LogP contribution in [0.15, 0.2) is 0 Å². The van der Waals surface area contributed by atoms with E-state index in [0.29, 0.717) is 0 Å². The molecule has 0 aliphatic carbocycles. The molecule has 1 aliphatic heterocycles. The molecule has 27 heavy (non-hydrogen) atoms. The maximum absolute atomic E-state index is 11.6. The van der Waals surface area contributed by atoms with Crippen molar-refractivity contribution in [1.29, 1.82) is 5.41 Å². The third-order valence-corrected chi connectivity index (χ3v) is 5.18. The van der Waals surface area contributed by atoms with E-state index in [1.54, 1.807) is 0 Å². The minimum absolute atomic E-state index is 0.165. The predicted octanol–water partition coefficient (Wildman–Crippen LogP) is -1.76. The standard InChI is InChI=1S/C15H23N3O8Se/c1-6(19)18-11-13(25-9(4)22)12(24-8(3)21)10(5-23-7(2)20)26-14(11)27-15(16)17/h10-14H,5H2,1-4H3,(H3,16,17)(H,18,19). The molecular formula is C15H23N3O8Se. The number of amidine groups is 1. The normalized spacial score (nSPS) is 27.2. The average molecular weight is 452 g/mol. The number of carbonyl (C=O) groups is 4. The van der Waals surface area contributed by atoms with E-state index in [-0.39, 0.29) is 11.3 Å². The molecule has 152 valence electrons. The molecule has 1 heterocycles. The van der Waals surface area contributed by atoms with Gasteiger partial charge in [0.1, 0.15) is 0 Å². The van der Waals surface area contributed by atoms with E-state index in [2.05, 4.69) is 5.32 Å². The van der Waals surface area contributed by atoms with Gasteiger partial charge in [0.2, 0.25) is 0 Å². The van der Waals surface area contributed by atoms with Crippen LogP contribution in [0.5, 0.6) is 0 Å². The van der Waals surface area contributed by atoms with Gasteiger partial charge in [0.15, 0.2) is 0 Å². The number of amides is 1. The number of nitrogens with one attached hydrogen (secondary N) is 2. The summed E-state index contributed by atoms with van der Waals surface area (Å²) in [5.41, 5.74) is 5.49. The molecule has 0 saturated carbocycles. The fraction of sp³-hybridized carbons (Fsp3) is 0.667. The van der Waals surface area contributed by atoms with Crippen LogP contribution in [0.1, 0.15) is 27.7 Å². The van der Waals surface area contributed by atoms with Gasteiger partial charge in [-0.1, -0.05) is 0 Å². The van der Waals surface area contributed by atoms with Crippen molar-refractivity contribution >= 4 is 43.5 Å². The van der Waals surface area contributed by atoms with Gasteiger partial charge >= 0.3 is 162 Å². The number of ether oxygens (including phenoxy) is 4. The van der Waals surface area contributed by atoms with Crippen LogP contribution in [0.4, 0.5) is 0 Å². The van der Waals surface area contributed by atoms with E-state index in [9.17, 15) is 19.2 Å². The van der Waals surface area contributed by atoms with Crippen LogP contribution in [0.3, 0.4) is 0 Å². The fourth-order valence-corrected chi connectivity index (χ4v) is 4.23. The first-order chi connectivity index (χ1) is 12.5. The third-order valence-electron chi connectivity index (χ3n) is 3.31. The molecule has 5 atom stereocenters. The van der Waals surface area contributed by atoms with E-state index in [1.165, 1.54) is 13.8 Å². The molecule has 0 bridgehead atoms. The Morgan fingerprint density at radius 1 is 1.04 bits per heavy atom. The molecule has 1 aliphatic rings. The topological polar surface area (TPSA) is 167 Å². The van der Waals surface area contributed by atoms with Gasteiger partial charge < -0.3 is 0 Å². The van der Waals surface area contributed by atoms with Gasteiger partial charge in [0.25, 0.3) is 0 Å². The summed E-state index contributed by atoms with van der Waals surface area (Å²) in [7, 11) is 0. The molecule has 4 N–H and O–H groups in total. The molecule has 11 nitrogen and oxygen atoms in total. The monoisotopic (exact) mass is 453 g/mol. The SMILES string of the molecule is CC(=O)NC1C([Se]C(=N)N)OC(COC(C)=O)C(OC(C)=O)C1OC(C)=O. The van der Waals surface area contributed by atoms with Gasteiger partial charge in [-0.2, -0.15) is 0 Å². The zero-order chi connectivity index (χ0) is 20.7. The molecule has 0 radical (unpaired) electrons. The van der Waals surface area contributed by atoms with Crippen molar-refractivity contribution in [2.45, 2.75) is 57.1 Å². The van der Waals surface area contributed by atoms with Gasteiger partial charge in [-0.3, -0.25) is 0 Å². The van der Waals surface area contributed by atoms with Crippen LogP contribution in [0.2, 0.25) is 0 Å². The number of rotatable bonds is 7. The summed E-state index contributed by atoms with van der Waals surface area (Å²) in [4.78, 5) is 46.0. The Bertz CT molecular complexity index is 614. The molecule has 1 rings (SSSR count). The second-order valence-electron chi connectivity index (χ2n) is 5.70. The van der Waals surface area contributed by atoms with Crippen LogP contribution < -0.4 is 11.1 Å². The van der Waals surface area contributed by atoms with E-state index < -0.39 is 68.1 Å². The number of nitrogens with two attached hydrogens (primary N) is 1. The summed E-state index contributed by atoms with van der Waals surface area (Å²) in [5, 5.41) is 9.34. The molecular weight excluding hydrogens is 429 g/mol. The summed E-state index contributed by atoms with van der Waals surface area (Å²) in [6, 6.07) is -0.909. The molecule has 0 aromatic heterocycles. The van der Waals surface area contributed by atoms with Crippen LogP contribution in [0.25, 0.3) is 0 Å². The maximum atomic E-state index is 11.6. The van der Waals surface area contributed by atoms with E-state index in [4.69, 9.17) is 30.1 Å². The second-order valence-corrected chi connectivity index (χ2v) is 8.09. The summed E-state index contributed by atoms with van der Waals surface area (Å²) < 4.78 is 21.2. The average Bonchev–Trinajstić information content (AvgIpc) is 2.49. The van der Waals surface area contributed by atoms with Crippen molar-refractivity contribution in [3.63, 3.8) is 0 Å². The Morgan fingerprint density at radius 3 is 2.04 bits per heavy atom. The Morgan fingerprint density at radius 2 is 1.59 bits per heavy atom. The Balaban J connectivity index is 3.29. The first-order valence-corrected chi connectivity index (χ1v) is 9.76. The molecule has 1 amide bonds. The Kier molecular flexibility index (Phi) is 8.67. The molecule has 0 aromatic rings. The second kappa shape index (κ2) is 10.2. The number of carbonyl (C=O) groups excluding carboxylic acids is 4. The van der Waals surface area contributed by atoms with Crippen LogP contribution >= 0.6 is 0 Å².